The second-order valence-corrected chi connectivity index (χ2v) is 6.94. The maximum absolute atomic E-state index is 13.0. The molecule has 0 aliphatic carbocycles. The van der Waals surface area contributed by atoms with Gasteiger partial charge in [0.05, 0.1) is 18.8 Å². The number of fused-ring (bicyclic) bond motifs is 1. The van der Waals surface area contributed by atoms with E-state index in [2.05, 4.69) is 5.32 Å². The molecule has 0 spiro atoms. The van der Waals surface area contributed by atoms with Crippen LogP contribution in [0.2, 0.25) is 0 Å². The Labute approximate surface area is 138 Å². The Bertz CT molecular complexity index is 717. The largest absolute Gasteiger partial charge is 0.334 e. The van der Waals surface area contributed by atoms with Gasteiger partial charge in [-0.25, -0.2) is 9.69 Å². The zero-order valence-electron chi connectivity index (χ0n) is 12.6. The van der Waals surface area contributed by atoms with E-state index >= 15 is 0 Å². The lowest BCUT2D eigenvalue weighted by Gasteiger charge is -2.39. The molecule has 1 aromatic carbocycles. The second-order valence-electron chi connectivity index (χ2n) is 5.91. The maximum atomic E-state index is 13.0. The topological polar surface area (TPSA) is 57.2 Å². The Morgan fingerprint density at radius 1 is 1.13 bits per heavy atom. The first-order valence-corrected chi connectivity index (χ1v) is 8.69. The van der Waals surface area contributed by atoms with E-state index in [1.54, 1.807) is 11.3 Å². The summed E-state index contributed by atoms with van der Waals surface area (Å²) in [4.78, 5) is 30.2. The molecule has 4 rings (SSSR count). The van der Waals surface area contributed by atoms with Gasteiger partial charge in [0.25, 0.3) is 5.91 Å². The lowest BCUT2D eigenvalue weighted by molar-refractivity contribution is -0.659. The quantitative estimate of drug-likeness (QED) is 0.926. The fourth-order valence-electron chi connectivity index (χ4n) is 3.48. The van der Waals surface area contributed by atoms with Crippen LogP contribution in [0.5, 0.6) is 0 Å². The summed E-state index contributed by atoms with van der Waals surface area (Å²) in [7, 11) is 0. The number of hydrogen-bond acceptors (Lipinski definition) is 3. The molecule has 2 saturated heterocycles. The highest BCUT2D eigenvalue weighted by Gasteiger charge is 2.51. The first-order valence-electron chi connectivity index (χ1n) is 7.81. The van der Waals surface area contributed by atoms with E-state index in [1.165, 1.54) is 4.90 Å². The van der Waals surface area contributed by atoms with Crippen LogP contribution in [0.15, 0.2) is 47.8 Å². The number of amides is 3. The van der Waals surface area contributed by atoms with Crippen molar-refractivity contribution >= 4 is 29.0 Å². The maximum Gasteiger partial charge on any atom is 0.332 e. The van der Waals surface area contributed by atoms with Crippen LogP contribution in [-0.4, -0.2) is 35.5 Å². The lowest BCUT2D eigenvalue weighted by atomic mass is 10.0. The number of carbonyl (C=O) groups is 2. The van der Waals surface area contributed by atoms with Crippen LogP contribution in [0.4, 0.5) is 10.5 Å². The number of imide groups is 1. The average molecular weight is 328 g/mol. The van der Waals surface area contributed by atoms with Gasteiger partial charge in [-0.05, 0) is 23.6 Å². The third kappa shape index (κ3) is 2.44. The number of para-hydroxylation sites is 1. The zero-order chi connectivity index (χ0) is 15.8. The van der Waals surface area contributed by atoms with Gasteiger partial charge in [-0.15, -0.1) is 11.3 Å². The molecule has 118 valence electrons. The molecule has 3 amide bonds. The van der Waals surface area contributed by atoms with Gasteiger partial charge in [-0.3, -0.25) is 4.79 Å². The number of urea groups is 1. The Balaban J connectivity index is 1.70. The highest BCUT2D eigenvalue weighted by Crippen LogP contribution is 2.28. The first kappa shape index (κ1) is 14.4. The summed E-state index contributed by atoms with van der Waals surface area (Å²) in [6, 6.07) is 12.9. The van der Waals surface area contributed by atoms with Crippen molar-refractivity contribution in [2.75, 3.05) is 11.4 Å². The fraction of sp³-hybridized carbons (Fsp3) is 0.294. The van der Waals surface area contributed by atoms with Crippen molar-refractivity contribution in [3.8, 4) is 0 Å². The Morgan fingerprint density at radius 2 is 1.96 bits per heavy atom. The van der Waals surface area contributed by atoms with Crippen LogP contribution in [0, 0.1) is 0 Å². The summed E-state index contributed by atoms with van der Waals surface area (Å²) in [5.41, 5.74) is 0.650. The molecule has 2 aromatic rings. The molecule has 2 aliphatic heterocycles. The van der Waals surface area contributed by atoms with Gasteiger partial charge in [0.1, 0.15) is 6.04 Å². The molecule has 2 atom stereocenters. The number of rotatable bonds is 3. The number of quaternary nitrogens is 1. The molecule has 1 aromatic heterocycles. The van der Waals surface area contributed by atoms with E-state index in [-0.39, 0.29) is 24.0 Å². The molecule has 0 bridgehead atoms. The van der Waals surface area contributed by atoms with Gasteiger partial charge >= 0.3 is 6.03 Å². The third-order valence-electron chi connectivity index (χ3n) is 4.56. The van der Waals surface area contributed by atoms with E-state index < -0.39 is 0 Å². The second kappa shape index (κ2) is 5.79. The molecule has 2 N–H and O–H groups in total. The zero-order valence-corrected chi connectivity index (χ0v) is 13.4. The van der Waals surface area contributed by atoms with E-state index in [0.29, 0.717) is 12.2 Å². The van der Waals surface area contributed by atoms with Gasteiger partial charge in [-0.2, -0.15) is 0 Å². The number of thiophene rings is 1. The minimum absolute atomic E-state index is 0.00272. The Hall–Kier alpha value is -2.18. The number of nitrogens with zero attached hydrogens (tertiary/aromatic N) is 2. The van der Waals surface area contributed by atoms with Crippen molar-refractivity contribution in [1.29, 1.82) is 0 Å². The van der Waals surface area contributed by atoms with Gasteiger partial charge in [0, 0.05) is 11.3 Å². The van der Waals surface area contributed by atoms with Crippen molar-refractivity contribution in [3.05, 3.63) is 52.7 Å². The highest BCUT2D eigenvalue weighted by molar-refractivity contribution is 7.09. The van der Waals surface area contributed by atoms with Crippen LogP contribution in [-0.2, 0) is 11.3 Å². The van der Waals surface area contributed by atoms with Crippen molar-refractivity contribution in [2.45, 2.75) is 25.0 Å². The molecular weight excluding hydrogens is 310 g/mol. The van der Waals surface area contributed by atoms with E-state index in [0.717, 1.165) is 17.8 Å². The smallest absolute Gasteiger partial charge is 0.332 e. The van der Waals surface area contributed by atoms with Crippen molar-refractivity contribution in [2.24, 2.45) is 0 Å². The summed E-state index contributed by atoms with van der Waals surface area (Å²) in [5, 5.41) is 4.08. The molecule has 2 fully saturated rings. The molecule has 6 heteroatoms. The first-order chi connectivity index (χ1) is 11.3. The third-order valence-corrected chi connectivity index (χ3v) is 5.42. The lowest BCUT2D eigenvalue weighted by Crippen LogP contribution is -2.93. The molecule has 0 unspecified atom stereocenters. The summed E-state index contributed by atoms with van der Waals surface area (Å²) < 4.78 is 0. The summed E-state index contributed by atoms with van der Waals surface area (Å²) in [5.74, 6) is -0.0915. The fourth-order valence-corrected chi connectivity index (χ4v) is 4.18. The molecule has 3 heterocycles. The Morgan fingerprint density at radius 3 is 2.70 bits per heavy atom. The van der Waals surface area contributed by atoms with E-state index in [1.807, 2.05) is 52.7 Å². The SMILES string of the molecule is O=C1[C@H]2[NH2+]CC[C@H]2N(Cc2cccs2)C(=O)N1c1ccccc1. The minimum Gasteiger partial charge on any atom is -0.334 e. The molecule has 0 radical (unpaired) electrons. The number of carbonyl (C=O) groups excluding carboxylic acids is 2. The van der Waals surface area contributed by atoms with E-state index in [4.69, 9.17) is 0 Å². The van der Waals surface area contributed by atoms with Gasteiger partial charge in [0.2, 0.25) is 0 Å². The van der Waals surface area contributed by atoms with Crippen LogP contribution in [0.1, 0.15) is 11.3 Å². The monoisotopic (exact) mass is 328 g/mol. The van der Waals surface area contributed by atoms with Gasteiger partial charge < -0.3 is 10.2 Å². The average Bonchev–Trinajstić information content (AvgIpc) is 3.24. The number of benzene rings is 1. The standard InChI is InChI=1S/C17H17N3O2S/c21-16-15-14(8-9-18-15)19(11-13-7-4-10-23-13)17(22)20(16)12-5-2-1-3-6-12/h1-7,10,14-15,18H,8-9,11H2/p+1/t14-,15+/m1/s1. The molecule has 23 heavy (non-hydrogen) atoms. The highest BCUT2D eigenvalue weighted by atomic mass is 32.1. The van der Waals surface area contributed by atoms with Crippen LogP contribution in [0.25, 0.3) is 0 Å². The normalized spacial score (nSPS) is 24.2. The molecule has 0 saturated carbocycles. The molecule has 5 nitrogen and oxygen atoms in total. The number of hydrogen-bond donors (Lipinski definition) is 1. The summed E-state index contributed by atoms with van der Waals surface area (Å²) in [6.07, 6.45) is 0.871. The van der Waals surface area contributed by atoms with Gasteiger partial charge in [0.15, 0.2) is 6.04 Å². The predicted octanol–water partition coefficient (Wildman–Crippen LogP) is 1.42. The van der Waals surface area contributed by atoms with Crippen LogP contribution < -0.4 is 10.2 Å². The number of anilines is 1. The van der Waals surface area contributed by atoms with Crippen LogP contribution >= 0.6 is 11.3 Å². The molecular formula is C17H18N3O2S+. The number of nitrogens with two attached hydrogens (primary N) is 1. The van der Waals surface area contributed by atoms with Crippen molar-refractivity contribution in [3.63, 3.8) is 0 Å². The Kier molecular flexibility index (Phi) is 3.63. The van der Waals surface area contributed by atoms with Gasteiger partial charge in [-0.1, -0.05) is 24.3 Å². The van der Waals surface area contributed by atoms with Crippen LogP contribution in [0.3, 0.4) is 0 Å². The predicted molar refractivity (Wildman–Crippen MR) is 88.2 cm³/mol. The molecule has 2 aliphatic rings. The summed E-state index contributed by atoms with van der Waals surface area (Å²) in [6.45, 7) is 1.46. The summed E-state index contributed by atoms with van der Waals surface area (Å²) >= 11 is 1.64. The van der Waals surface area contributed by atoms with Crippen molar-refractivity contribution in [1.82, 2.24) is 4.90 Å². The minimum atomic E-state index is -0.203. The van der Waals surface area contributed by atoms with Crippen molar-refractivity contribution < 1.29 is 14.9 Å². The van der Waals surface area contributed by atoms with E-state index in [9.17, 15) is 9.59 Å².